The van der Waals surface area contributed by atoms with E-state index in [1.54, 1.807) is 0 Å². The molecule has 0 saturated heterocycles. The summed E-state index contributed by atoms with van der Waals surface area (Å²) in [5.41, 5.74) is -0.0945. The van der Waals surface area contributed by atoms with E-state index in [0.29, 0.717) is 6.61 Å². The topological polar surface area (TPSA) is 73.9 Å². The van der Waals surface area contributed by atoms with E-state index in [9.17, 15) is 9.59 Å². The third kappa shape index (κ3) is 9.24. The van der Waals surface area contributed by atoms with Gasteiger partial charge in [-0.05, 0) is 6.42 Å². The monoisotopic (exact) mass is 287 g/mol. The highest BCUT2D eigenvalue weighted by atomic mass is 16.6. The van der Waals surface area contributed by atoms with Gasteiger partial charge in [0.1, 0.15) is 6.26 Å². The smallest absolute Gasteiger partial charge is 0.411 e. The van der Waals surface area contributed by atoms with Crippen molar-refractivity contribution in [2.75, 3.05) is 20.8 Å². The summed E-state index contributed by atoms with van der Waals surface area (Å²) in [7, 11) is 2.58. The van der Waals surface area contributed by atoms with Gasteiger partial charge in [-0.3, -0.25) is 5.32 Å². The molecule has 0 saturated carbocycles. The van der Waals surface area contributed by atoms with Crippen LogP contribution >= 0.6 is 0 Å². The lowest BCUT2D eigenvalue weighted by Gasteiger charge is -2.08. The van der Waals surface area contributed by atoms with Crippen LogP contribution in [0.2, 0.25) is 0 Å². The Balaban J connectivity index is 3.81. The van der Waals surface area contributed by atoms with Crippen LogP contribution < -0.4 is 5.32 Å². The molecule has 1 amide bonds. The van der Waals surface area contributed by atoms with Crippen molar-refractivity contribution in [2.24, 2.45) is 0 Å². The second-order valence-corrected chi connectivity index (χ2v) is 4.29. The zero-order valence-electron chi connectivity index (χ0n) is 12.6. The summed E-state index contributed by atoms with van der Waals surface area (Å²) in [6.45, 7) is 2.50. The molecule has 0 rings (SSSR count). The van der Waals surface area contributed by atoms with Gasteiger partial charge >= 0.3 is 12.1 Å². The third-order valence-corrected chi connectivity index (χ3v) is 2.61. The molecule has 0 unspecified atom stereocenters. The molecular formula is C14H25NO5. The Hall–Kier alpha value is -1.72. The van der Waals surface area contributed by atoms with Crippen molar-refractivity contribution in [3.8, 4) is 0 Å². The molecule has 0 radical (unpaired) electrons. The molecule has 0 aliphatic carbocycles. The van der Waals surface area contributed by atoms with Crippen LogP contribution in [0.4, 0.5) is 4.79 Å². The number of unbranched alkanes of at least 4 members (excludes halogenated alkanes) is 5. The number of esters is 1. The molecule has 116 valence electrons. The van der Waals surface area contributed by atoms with Gasteiger partial charge in [0.15, 0.2) is 5.70 Å². The molecule has 20 heavy (non-hydrogen) atoms. The standard InChI is InChI=1S/C14H25NO5/c1-4-5-6-7-8-9-10-20-14(17)15-12(11-18-2)13(16)19-3/h11H,4-10H2,1-3H3,(H,15,17)/b12-11-. The fourth-order valence-corrected chi connectivity index (χ4v) is 1.55. The van der Waals surface area contributed by atoms with Gasteiger partial charge in [0.25, 0.3) is 0 Å². The van der Waals surface area contributed by atoms with Crippen molar-refractivity contribution in [2.45, 2.75) is 45.4 Å². The zero-order chi connectivity index (χ0) is 15.2. The average Bonchev–Trinajstić information content (AvgIpc) is 2.45. The Kier molecular flexibility index (Phi) is 11.3. The van der Waals surface area contributed by atoms with Gasteiger partial charge in [-0.15, -0.1) is 0 Å². The van der Waals surface area contributed by atoms with Crippen LogP contribution in [0.5, 0.6) is 0 Å². The number of amides is 1. The Morgan fingerprint density at radius 3 is 2.30 bits per heavy atom. The van der Waals surface area contributed by atoms with Crippen molar-refractivity contribution in [3.05, 3.63) is 12.0 Å². The van der Waals surface area contributed by atoms with Gasteiger partial charge in [0.05, 0.1) is 20.8 Å². The molecule has 0 bridgehead atoms. The number of hydrogen-bond acceptors (Lipinski definition) is 5. The molecule has 6 nitrogen and oxygen atoms in total. The van der Waals surface area contributed by atoms with E-state index in [4.69, 9.17) is 4.74 Å². The minimum absolute atomic E-state index is 0.0945. The molecule has 0 atom stereocenters. The first-order valence-corrected chi connectivity index (χ1v) is 6.90. The van der Waals surface area contributed by atoms with E-state index in [2.05, 4.69) is 21.7 Å². The summed E-state index contributed by atoms with van der Waals surface area (Å²) in [5, 5.41) is 2.28. The van der Waals surface area contributed by atoms with Gasteiger partial charge in [-0.1, -0.05) is 39.0 Å². The third-order valence-electron chi connectivity index (χ3n) is 2.61. The Labute approximate surface area is 120 Å². The quantitative estimate of drug-likeness (QED) is 0.289. The van der Waals surface area contributed by atoms with Crippen LogP contribution in [0.25, 0.3) is 0 Å². The fraction of sp³-hybridized carbons (Fsp3) is 0.714. The molecule has 0 aromatic heterocycles. The number of rotatable bonds is 10. The van der Waals surface area contributed by atoms with Crippen molar-refractivity contribution in [1.82, 2.24) is 5.32 Å². The number of methoxy groups -OCH3 is 2. The molecule has 0 fully saturated rings. The lowest BCUT2D eigenvalue weighted by Crippen LogP contribution is -2.29. The second kappa shape index (κ2) is 12.3. The summed E-state index contributed by atoms with van der Waals surface area (Å²) >= 11 is 0. The van der Waals surface area contributed by atoms with Crippen LogP contribution in [0.1, 0.15) is 45.4 Å². The maximum atomic E-state index is 11.4. The van der Waals surface area contributed by atoms with Crippen LogP contribution in [0, 0.1) is 0 Å². The molecule has 1 N–H and O–H groups in total. The predicted octanol–water partition coefficient (Wildman–Crippen LogP) is 2.73. The lowest BCUT2D eigenvalue weighted by molar-refractivity contribution is -0.136. The predicted molar refractivity (Wildman–Crippen MR) is 75.0 cm³/mol. The number of ether oxygens (including phenoxy) is 3. The molecule has 6 heteroatoms. The highest BCUT2D eigenvalue weighted by molar-refractivity contribution is 5.91. The van der Waals surface area contributed by atoms with Crippen LogP contribution in [0.3, 0.4) is 0 Å². The first-order chi connectivity index (χ1) is 9.65. The Morgan fingerprint density at radius 1 is 1.05 bits per heavy atom. The number of carbonyl (C=O) groups excluding carboxylic acids is 2. The second-order valence-electron chi connectivity index (χ2n) is 4.29. The molecule has 0 aromatic rings. The number of hydrogen-bond donors (Lipinski definition) is 1. The maximum Gasteiger partial charge on any atom is 0.411 e. The van der Waals surface area contributed by atoms with Crippen molar-refractivity contribution in [1.29, 1.82) is 0 Å². The summed E-state index contributed by atoms with van der Waals surface area (Å²) in [6, 6.07) is 0. The largest absolute Gasteiger partial charge is 0.502 e. The Bertz CT molecular complexity index is 315. The molecule has 0 spiro atoms. The van der Waals surface area contributed by atoms with Crippen molar-refractivity contribution in [3.63, 3.8) is 0 Å². The van der Waals surface area contributed by atoms with Gasteiger partial charge in [-0.25, -0.2) is 9.59 Å². The van der Waals surface area contributed by atoms with Crippen LogP contribution in [-0.2, 0) is 19.0 Å². The van der Waals surface area contributed by atoms with Crippen LogP contribution in [-0.4, -0.2) is 32.9 Å². The van der Waals surface area contributed by atoms with Crippen molar-refractivity contribution >= 4 is 12.1 Å². The summed E-state index contributed by atoms with van der Waals surface area (Å²) in [4.78, 5) is 22.7. The van der Waals surface area contributed by atoms with Crippen LogP contribution in [0.15, 0.2) is 12.0 Å². The van der Waals surface area contributed by atoms with Gasteiger partial charge < -0.3 is 14.2 Å². The first kappa shape index (κ1) is 18.3. The number of carbonyl (C=O) groups is 2. The van der Waals surface area contributed by atoms with E-state index in [1.165, 1.54) is 33.5 Å². The van der Waals surface area contributed by atoms with E-state index in [-0.39, 0.29) is 5.70 Å². The van der Waals surface area contributed by atoms with Crippen molar-refractivity contribution < 1.29 is 23.8 Å². The minimum Gasteiger partial charge on any atom is -0.502 e. The SMILES string of the molecule is CCCCCCCCOC(=O)N/C(=C\OC)C(=O)OC. The molecule has 0 aliphatic heterocycles. The highest BCUT2D eigenvalue weighted by Gasteiger charge is 2.14. The molecule has 0 heterocycles. The van der Waals surface area contributed by atoms with Gasteiger partial charge in [-0.2, -0.15) is 0 Å². The fourth-order valence-electron chi connectivity index (χ4n) is 1.55. The van der Waals surface area contributed by atoms with Gasteiger partial charge in [0.2, 0.25) is 0 Å². The lowest BCUT2D eigenvalue weighted by atomic mass is 10.1. The highest BCUT2D eigenvalue weighted by Crippen LogP contribution is 2.05. The Morgan fingerprint density at radius 2 is 1.70 bits per heavy atom. The molecule has 0 aliphatic rings. The summed E-state index contributed by atoms with van der Waals surface area (Å²) in [5.74, 6) is -0.691. The minimum atomic E-state index is -0.691. The average molecular weight is 287 g/mol. The summed E-state index contributed by atoms with van der Waals surface area (Å²) < 4.78 is 14.1. The molecule has 0 aromatic carbocycles. The normalized spacial score (nSPS) is 10.8. The number of alkyl carbamates (subject to hydrolysis) is 1. The summed E-state index contributed by atoms with van der Waals surface area (Å²) in [6.07, 6.45) is 7.07. The number of nitrogens with one attached hydrogen (secondary N) is 1. The van der Waals surface area contributed by atoms with Gasteiger partial charge in [0, 0.05) is 0 Å². The first-order valence-electron chi connectivity index (χ1n) is 6.90. The maximum absolute atomic E-state index is 11.4. The van der Waals surface area contributed by atoms with E-state index >= 15 is 0 Å². The van der Waals surface area contributed by atoms with E-state index in [1.807, 2.05) is 0 Å². The molecular weight excluding hydrogens is 262 g/mol. The van der Waals surface area contributed by atoms with E-state index in [0.717, 1.165) is 25.5 Å². The van der Waals surface area contributed by atoms with E-state index < -0.39 is 12.1 Å². The zero-order valence-corrected chi connectivity index (χ0v) is 12.6.